The van der Waals surface area contributed by atoms with E-state index in [0.29, 0.717) is 0 Å². The number of anilines is 6. The van der Waals surface area contributed by atoms with Crippen molar-refractivity contribution in [1.29, 1.82) is 0 Å². The fourth-order valence-electron chi connectivity index (χ4n) is 13.9. The molecule has 0 unspecified atom stereocenters. The van der Waals surface area contributed by atoms with Crippen LogP contribution in [0, 0.1) is 6.92 Å². The van der Waals surface area contributed by atoms with Crippen molar-refractivity contribution >= 4 is 57.2 Å². The van der Waals surface area contributed by atoms with E-state index in [-0.39, 0.29) is 50.0 Å². The van der Waals surface area contributed by atoms with E-state index < -0.39 is 0 Å². The predicted octanol–water partition coefficient (Wildman–Crippen LogP) is 19.3. The van der Waals surface area contributed by atoms with Crippen molar-refractivity contribution in [3.05, 3.63) is 171 Å². The zero-order chi connectivity index (χ0) is 56.4. The second-order valence-corrected chi connectivity index (χ2v) is 31.4. The van der Waals surface area contributed by atoms with Crippen LogP contribution < -0.4 is 26.2 Å². The minimum Gasteiger partial charge on any atom is -0.311 e. The number of aryl methyl sites for hydroxylation is 1. The number of nitrogens with zero attached hydrogens (tertiary/aromatic N) is 2. The molecule has 78 heavy (non-hydrogen) atoms. The summed E-state index contributed by atoms with van der Waals surface area (Å²) >= 11 is 0. The fourth-order valence-corrected chi connectivity index (χ4v) is 13.9. The number of rotatable bonds is 4. The highest BCUT2D eigenvalue weighted by Crippen LogP contribution is 2.54. The Morgan fingerprint density at radius 1 is 0.333 bits per heavy atom. The molecule has 2 aliphatic carbocycles. The minimum absolute atomic E-state index is 0.00290. The van der Waals surface area contributed by atoms with E-state index in [0.717, 1.165) is 0 Å². The van der Waals surface area contributed by atoms with Gasteiger partial charge in [0.2, 0.25) is 0 Å². The highest BCUT2D eigenvalue weighted by molar-refractivity contribution is 7.00. The summed E-state index contributed by atoms with van der Waals surface area (Å²) in [7, 11) is 0. The van der Waals surface area contributed by atoms with Crippen molar-refractivity contribution in [2.45, 2.75) is 214 Å². The molecule has 404 valence electrons. The average molecular weight is 1030 g/mol. The average Bonchev–Trinajstić information content (AvgIpc) is 3.35. The second-order valence-electron chi connectivity index (χ2n) is 31.4. The Morgan fingerprint density at radius 2 is 0.679 bits per heavy atom. The van der Waals surface area contributed by atoms with Crippen LogP contribution in [-0.4, -0.2) is 6.71 Å². The molecule has 0 aromatic heterocycles. The lowest BCUT2D eigenvalue weighted by Crippen LogP contribution is -2.61. The first-order valence-corrected chi connectivity index (χ1v) is 29.7. The van der Waals surface area contributed by atoms with E-state index in [1.165, 1.54) is 149 Å². The Balaban J connectivity index is 1.26. The third-order valence-electron chi connectivity index (χ3n) is 19.5. The van der Waals surface area contributed by atoms with E-state index in [1.807, 2.05) is 0 Å². The van der Waals surface area contributed by atoms with Gasteiger partial charge in [-0.15, -0.1) is 0 Å². The van der Waals surface area contributed by atoms with Crippen molar-refractivity contribution in [3.63, 3.8) is 0 Å². The molecule has 2 heterocycles. The molecule has 7 aromatic carbocycles. The normalized spacial score (nSPS) is 17.9. The van der Waals surface area contributed by atoms with Gasteiger partial charge in [-0.2, -0.15) is 0 Å². The monoisotopic (exact) mass is 1030 g/mol. The summed E-state index contributed by atoms with van der Waals surface area (Å²) in [5, 5.41) is 0. The third kappa shape index (κ3) is 8.91. The van der Waals surface area contributed by atoms with Crippen LogP contribution in [0.1, 0.15) is 214 Å². The SMILES string of the molecule is Cc1ccc2c(c1)B1c3cc(C(C)(C)C)ccc3N(c3ccc(C(C)(C)C)cc3-c3ccc4c(c3)C(C)(C)CCC4(C)C)c3cc(C(C)(C)C)cc(c31)N2c1ccc(C(C)(C)C)cc1-c1ccc2c(c1)C(C)(C)CCC2(C)C. The largest absolute Gasteiger partial charge is 0.311 e. The minimum atomic E-state index is -0.159. The molecule has 0 saturated carbocycles. The number of fused-ring (bicyclic) bond motifs is 6. The van der Waals surface area contributed by atoms with Crippen molar-refractivity contribution in [2.75, 3.05) is 9.80 Å². The van der Waals surface area contributed by atoms with Gasteiger partial charge in [-0.1, -0.05) is 217 Å². The Hall–Kier alpha value is -5.80. The lowest BCUT2D eigenvalue weighted by atomic mass is 9.33. The molecule has 7 aromatic rings. The van der Waals surface area contributed by atoms with Crippen LogP contribution in [0.25, 0.3) is 22.3 Å². The highest BCUT2D eigenvalue weighted by atomic mass is 15.2. The summed E-state index contributed by atoms with van der Waals surface area (Å²) in [5.41, 5.74) is 29.5. The standard InChI is InChI=1S/C75H91BN2/c1-46-22-30-63-59(38-46)76-60-43-51(70(8,9)10)27-33-64(60)78(62-32-26-50(69(5,6)7)42-54(62)48-24-29-56-58(40-48)75(20,21)37-35-73(56,16)17)66-45-52(71(11,12)13)44-65(67(66)76)77(63)61-31-25-49(68(2,3)4)41-53(61)47-23-28-55-57(39-47)74(18,19)36-34-72(55,14)15/h22-33,38-45H,34-37H2,1-21H3. The molecular weight excluding hydrogens is 940 g/mol. The van der Waals surface area contributed by atoms with Crippen molar-refractivity contribution in [2.24, 2.45) is 0 Å². The zero-order valence-electron chi connectivity index (χ0n) is 51.8. The van der Waals surface area contributed by atoms with Crippen molar-refractivity contribution < 1.29 is 0 Å². The van der Waals surface area contributed by atoms with Crippen LogP contribution in [-0.2, 0) is 43.3 Å². The summed E-state index contributed by atoms with van der Waals surface area (Å²) in [5.74, 6) is 0. The molecule has 0 N–H and O–H groups in total. The highest BCUT2D eigenvalue weighted by Gasteiger charge is 2.46. The first-order valence-electron chi connectivity index (χ1n) is 29.7. The van der Waals surface area contributed by atoms with Gasteiger partial charge < -0.3 is 9.80 Å². The fraction of sp³-hybridized carbons (Fsp3) is 0.440. The van der Waals surface area contributed by atoms with Gasteiger partial charge in [0.1, 0.15) is 0 Å². The lowest BCUT2D eigenvalue weighted by Gasteiger charge is -2.46. The molecule has 2 nitrogen and oxygen atoms in total. The third-order valence-corrected chi connectivity index (χ3v) is 19.5. The Kier molecular flexibility index (Phi) is 12.2. The maximum absolute atomic E-state index is 2.71. The van der Waals surface area contributed by atoms with Gasteiger partial charge in [-0.3, -0.25) is 0 Å². The Bertz CT molecular complexity index is 3570. The van der Waals surface area contributed by atoms with E-state index in [4.69, 9.17) is 0 Å². The van der Waals surface area contributed by atoms with Gasteiger partial charge in [0.15, 0.2) is 0 Å². The predicted molar refractivity (Wildman–Crippen MR) is 341 cm³/mol. The molecule has 4 aliphatic rings. The van der Waals surface area contributed by atoms with Crippen LogP contribution in [0.5, 0.6) is 0 Å². The molecule has 0 saturated heterocycles. The Labute approximate surface area is 472 Å². The van der Waals surface area contributed by atoms with Gasteiger partial charge in [0, 0.05) is 33.9 Å². The summed E-state index contributed by atoms with van der Waals surface area (Å²) < 4.78 is 0. The quantitative estimate of drug-likeness (QED) is 0.162. The first kappa shape index (κ1) is 54.2. The van der Waals surface area contributed by atoms with E-state index in [9.17, 15) is 0 Å². The van der Waals surface area contributed by atoms with Gasteiger partial charge in [-0.25, -0.2) is 0 Å². The molecule has 0 spiro atoms. The van der Waals surface area contributed by atoms with Gasteiger partial charge in [0.05, 0.1) is 11.4 Å². The van der Waals surface area contributed by atoms with Crippen LogP contribution in [0.2, 0.25) is 0 Å². The summed E-state index contributed by atoms with van der Waals surface area (Å²) in [6.07, 6.45) is 4.74. The second kappa shape index (κ2) is 17.6. The number of hydrogen-bond acceptors (Lipinski definition) is 2. The molecule has 0 atom stereocenters. The molecule has 0 fully saturated rings. The van der Waals surface area contributed by atoms with E-state index >= 15 is 0 Å². The molecule has 3 heteroatoms. The number of benzene rings is 7. The van der Waals surface area contributed by atoms with Gasteiger partial charge in [0.25, 0.3) is 6.71 Å². The van der Waals surface area contributed by atoms with E-state index in [1.54, 1.807) is 0 Å². The molecular formula is C75H91BN2. The maximum atomic E-state index is 2.71. The smallest absolute Gasteiger partial charge is 0.252 e. The van der Waals surface area contributed by atoms with Gasteiger partial charge in [-0.05, 0) is 196 Å². The van der Waals surface area contributed by atoms with Crippen LogP contribution in [0.3, 0.4) is 0 Å². The summed E-state index contributed by atoms with van der Waals surface area (Å²) in [4.78, 5) is 5.40. The molecule has 0 amide bonds. The van der Waals surface area contributed by atoms with Crippen LogP contribution in [0.15, 0.2) is 121 Å². The van der Waals surface area contributed by atoms with E-state index in [2.05, 4.69) is 277 Å². The van der Waals surface area contributed by atoms with Gasteiger partial charge >= 0.3 is 0 Å². The summed E-state index contributed by atoms with van der Waals surface area (Å²) in [6.45, 7) is 50.5. The van der Waals surface area contributed by atoms with Crippen molar-refractivity contribution in [3.8, 4) is 22.3 Å². The molecule has 2 aliphatic heterocycles. The number of hydrogen-bond donors (Lipinski definition) is 0. The molecule has 0 bridgehead atoms. The lowest BCUT2D eigenvalue weighted by molar-refractivity contribution is 0.332. The topological polar surface area (TPSA) is 6.48 Å². The zero-order valence-corrected chi connectivity index (χ0v) is 51.8. The molecule has 11 rings (SSSR count). The molecule has 0 radical (unpaired) electrons. The van der Waals surface area contributed by atoms with Crippen LogP contribution >= 0.6 is 0 Å². The summed E-state index contributed by atoms with van der Waals surface area (Å²) in [6, 6.07) is 49.9. The Morgan fingerprint density at radius 3 is 1.08 bits per heavy atom. The van der Waals surface area contributed by atoms with Crippen LogP contribution in [0.4, 0.5) is 34.1 Å². The first-order chi connectivity index (χ1) is 36.1. The van der Waals surface area contributed by atoms with Crippen molar-refractivity contribution in [1.82, 2.24) is 0 Å². The maximum Gasteiger partial charge on any atom is 0.252 e.